The number of aryl methyl sites for hydroxylation is 1. The van der Waals surface area contributed by atoms with Crippen LogP contribution in [0.25, 0.3) is 10.9 Å². The van der Waals surface area contributed by atoms with Crippen LogP contribution in [-0.4, -0.2) is 21.9 Å². The second-order valence-electron chi connectivity index (χ2n) is 6.05. The van der Waals surface area contributed by atoms with E-state index in [-0.39, 0.29) is 11.3 Å². The molecule has 0 saturated carbocycles. The third-order valence-corrected chi connectivity index (χ3v) is 4.05. The molecule has 0 aliphatic rings. The first-order valence-corrected chi connectivity index (χ1v) is 8.29. The van der Waals surface area contributed by atoms with Crippen LogP contribution in [0.2, 0.25) is 0 Å². The Morgan fingerprint density at radius 3 is 2.69 bits per heavy atom. The van der Waals surface area contributed by atoms with Gasteiger partial charge >= 0.3 is 0 Å². The number of nitrogens with one attached hydrogen (secondary N) is 1. The van der Waals surface area contributed by atoms with E-state index in [0.717, 1.165) is 11.1 Å². The second kappa shape index (κ2) is 7.77. The zero-order chi connectivity index (χ0) is 18.5. The summed E-state index contributed by atoms with van der Waals surface area (Å²) in [5.74, 6) is 6.16. The van der Waals surface area contributed by atoms with Gasteiger partial charge in [-0.1, -0.05) is 30.0 Å². The van der Waals surface area contributed by atoms with Crippen molar-refractivity contribution in [1.29, 1.82) is 0 Å². The van der Waals surface area contributed by atoms with Gasteiger partial charge in [0.1, 0.15) is 0 Å². The van der Waals surface area contributed by atoms with Crippen LogP contribution in [0.15, 0.2) is 53.6 Å². The maximum absolute atomic E-state index is 12.1. The van der Waals surface area contributed by atoms with Gasteiger partial charge in [0.05, 0.1) is 23.8 Å². The van der Waals surface area contributed by atoms with E-state index in [1.165, 1.54) is 10.9 Å². The predicted octanol–water partition coefficient (Wildman–Crippen LogP) is 2.28. The summed E-state index contributed by atoms with van der Waals surface area (Å²) < 4.78 is 1.47. The van der Waals surface area contributed by atoms with Crippen molar-refractivity contribution in [1.82, 2.24) is 14.9 Å². The molecule has 0 aliphatic heterocycles. The molecule has 0 unspecified atom stereocenters. The third kappa shape index (κ3) is 4.05. The van der Waals surface area contributed by atoms with E-state index in [1.807, 2.05) is 30.3 Å². The van der Waals surface area contributed by atoms with Gasteiger partial charge in [0, 0.05) is 24.7 Å². The van der Waals surface area contributed by atoms with Crippen LogP contribution < -0.4 is 10.9 Å². The molecular weight excluding hydrogens is 326 g/mol. The number of aromatic nitrogens is 2. The van der Waals surface area contributed by atoms with Crippen molar-refractivity contribution >= 4 is 16.7 Å². The van der Waals surface area contributed by atoms with Gasteiger partial charge in [-0.2, -0.15) is 0 Å². The van der Waals surface area contributed by atoms with E-state index in [4.69, 9.17) is 0 Å². The molecule has 0 amide bonds. The highest BCUT2D eigenvalue weighted by Crippen LogP contribution is 2.09. The molecular formula is C21H19N3O2. The fourth-order valence-corrected chi connectivity index (χ4v) is 2.57. The van der Waals surface area contributed by atoms with Gasteiger partial charge in [-0.15, -0.1) is 0 Å². The molecule has 26 heavy (non-hydrogen) atoms. The first-order valence-electron chi connectivity index (χ1n) is 8.29. The second-order valence-corrected chi connectivity index (χ2v) is 6.05. The largest absolute Gasteiger partial charge is 0.302 e. The zero-order valence-electron chi connectivity index (χ0n) is 14.7. The fraction of sp³-hybridized carbons (Fsp3) is 0.190. The van der Waals surface area contributed by atoms with Crippen LogP contribution in [0.5, 0.6) is 0 Å². The lowest BCUT2D eigenvalue weighted by Gasteiger charge is -2.04. The maximum Gasteiger partial charge on any atom is 0.260 e. The lowest BCUT2D eigenvalue weighted by Crippen LogP contribution is -2.18. The molecule has 0 atom stereocenters. The minimum Gasteiger partial charge on any atom is -0.302 e. The van der Waals surface area contributed by atoms with Gasteiger partial charge < -0.3 is 9.88 Å². The van der Waals surface area contributed by atoms with Crippen molar-refractivity contribution in [3.63, 3.8) is 0 Å². The summed E-state index contributed by atoms with van der Waals surface area (Å²) in [7, 11) is 1.69. The summed E-state index contributed by atoms with van der Waals surface area (Å²) in [5, 5.41) is 3.86. The highest BCUT2D eigenvalue weighted by Gasteiger charge is 2.03. The minimum absolute atomic E-state index is 0.0478. The number of nitrogens with zero attached hydrogens (tertiary/aromatic N) is 2. The van der Waals surface area contributed by atoms with Crippen LogP contribution in [-0.2, 0) is 13.6 Å². The van der Waals surface area contributed by atoms with Gasteiger partial charge in [0.15, 0.2) is 5.78 Å². The number of ketones is 1. The molecule has 130 valence electrons. The number of hydrogen-bond donors (Lipinski definition) is 1. The van der Waals surface area contributed by atoms with Crippen LogP contribution in [0.4, 0.5) is 0 Å². The summed E-state index contributed by atoms with van der Waals surface area (Å²) in [6.45, 7) is 2.69. The number of carbonyl (C=O) groups is 1. The first kappa shape index (κ1) is 17.6. The standard InChI is InChI=1S/C21H19N3O2/c1-15(25)18-8-5-16(6-9-18)4-3-11-22-13-17-7-10-20-19(12-17)21(26)24(2)14-23-20/h5-10,12,14,22H,11,13H2,1-2H3. The lowest BCUT2D eigenvalue weighted by atomic mass is 10.1. The van der Waals surface area contributed by atoms with E-state index in [0.29, 0.717) is 29.6 Å². The average molecular weight is 345 g/mol. The first-order chi connectivity index (χ1) is 12.5. The number of benzene rings is 2. The molecule has 0 spiro atoms. The monoisotopic (exact) mass is 345 g/mol. The molecule has 1 N–H and O–H groups in total. The Labute approximate surface area is 151 Å². The quantitative estimate of drug-likeness (QED) is 0.448. The Morgan fingerprint density at radius 1 is 1.19 bits per heavy atom. The van der Waals surface area contributed by atoms with Gasteiger partial charge in [0.25, 0.3) is 5.56 Å². The Bertz CT molecular complexity index is 1070. The SMILES string of the molecule is CC(=O)c1ccc(C#CCNCc2ccc3ncn(C)c(=O)c3c2)cc1. The molecule has 0 aliphatic carbocycles. The minimum atomic E-state index is -0.0503. The van der Waals surface area contributed by atoms with Crippen molar-refractivity contribution < 1.29 is 4.79 Å². The van der Waals surface area contributed by atoms with E-state index < -0.39 is 0 Å². The van der Waals surface area contributed by atoms with E-state index >= 15 is 0 Å². The van der Waals surface area contributed by atoms with E-state index in [2.05, 4.69) is 22.1 Å². The Balaban J connectivity index is 1.60. The van der Waals surface area contributed by atoms with E-state index in [1.54, 1.807) is 26.1 Å². The van der Waals surface area contributed by atoms with Crippen LogP contribution in [0.1, 0.15) is 28.4 Å². The molecule has 5 heteroatoms. The number of carbonyl (C=O) groups excluding carboxylic acids is 1. The number of hydrogen-bond acceptors (Lipinski definition) is 4. The lowest BCUT2D eigenvalue weighted by molar-refractivity contribution is 0.101. The van der Waals surface area contributed by atoms with Gasteiger partial charge in [-0.05, 0) is 36.8 Å². The Kier molecular flexibility index (Phi) is 5.26. The maximum atomic E-state index is 12.1. The van der Waals surface area contributed by atoms with Crippen molar-refractivity contribution in [2.24, 2.45) is 7.05 Å². The van der Waals surface area contributed by atoms with Crippen molar-refractivity contribution in [3.05, 3.63) is 75.8 Å². The zero-order valence-corrected chi connectivity index (χ0v) is 14.7. The topological polar surface area (TPSA) is 64.0 Å². The highest BCUT2D eigenvalue weighted by molar-refractivity contribution is 5.94. The molecule has 2 aromatic carbocycles. The normalized spacial score (nSPS) is 10.4. The Morgan fingerprint density at radius 2 is 1.96 bits per heavy atom. The summed E-state index contributed by atoms with van der Waals surface area (Å²) >= 11 is 0. The number of fused-ring (bicyclic) bond motifs is 1. The van der Waals surface area contributed by atoms with Crippen LogP contribution >= 0.6 is 0 Å². The van der Waals surface area contributed by atoms with Crippen LogP contribution in [0.3, 0.4) is 0 Å². The molecule has 0 fully saturated rings. The van der Waals surface area contributed by atoms with Crippen LogP contribution in [0, 0.1) is 11.8 Å². The fourth-order valence-electron chi connectivity index (χ4n) is 2.57. The number of rotatable bonds is 4. The van der Waals surface area contributed by atoms with Crippen molar-refractivity contribution in [2.45, 2.75) is 13.5 Å². The average Bonchev–Trinajstić information content (AvgIpc) is 2.65. The smallest absolute Gasteiger partial charge is 0.260 e. The highest BCUT2D eigenvalue weighted by atomic mass is 16.1. The molecule has 3 aromatic rings. The summed E-state index contributed by atoms with van der Waals surface area (Å²) in [5.41, 5.74) is 3.22. The third-order valence-electron chi connectivity index (χ3n) is 4.05. The molecule has 1 heterocycles. The summed E-state index contributed by atoms with van der Waals surface area (Å²) in [6.07, 6.45) is 1.53. The van der Waals surface area contributed by atoms with Crippen molar-refractivity contribution in [2.75, 3.05) is 6.54 Å². The molecule has 0 saturated heterocycles. The van der Waals surface area contributed by atoms with Gasteiger partial charge in [-0.25, -0.2) is 4.98 Å². The Hall–Kier alpha value is -3.23. The number of Topliss-reactive ketones (excluding diaryl/α,β-unsaturated/α-hetero) is 1. The van der Waals surface area contributed by atoms with Gasteiger partial charge in [-0.3, -0.25) is 9.59 Å². The van der Waals surface area contributed by atoms with Gasteiger partial charge in [0.2, 0.25) is 0 Å². The molecule has 3 rings (SSSR count). The summed E-state index contributed by atoms with van der Waals surface area (Å²) in [6, 6.07) is 12.9. The molecule has 0 radical (unpaired) electrons. The molecule has 0 bridgehead atoms. The summed E-state index contributed by atoms with van der Waals surface area (Å²) in [4.78, 5) is 27.6. The van der Waals surface area contributed by atoms with Crippen molar-refractivity contribution in [3.8, 4) is 11.8 Å². The predicted molar refractivity (Wildman–Crippen MR) is 102 cm³/mol. The molecule has 1 aromatic heterocycles. The molecule has 5 nitrogen and oxygen atoms in total. The van der Waals surface area contributed by atoms with E-state index in [9.17, 15) is 9.59 Å².